The molecule has 166 valence electrons. The summed E-state index contributed by atoms with van der Waals surface area (Å²) in [4.78, 5) is 2.05. The number of benzene rings is 2. The molecule has 0 bridgehead atoms. The van der Waals surface area contributed by atoms with E-state index in [0.29, 0.717) is 35.3 Å². The van der Waals surface area contributed by atoms with E-state index in [4.69, 9.17) is 16.3 Å². The first-order chi connectivity index (χ1) is 14.6. The lowest BCUT2D eigenvalue weighted by Gasteiger charge is -2.13. The van der Waals surface area contributed by atoms with Gasteiger partial charge in [-0.15, -0.1) is 11.3 Å². The van der Waals surface area contributed by atoms with E-state index in [1.54, 1.807) is 18.2 Å². The Morgan fingerprint density at radius 2 is 1.65 bits per heavy atom. The quantitative estimate of drug-likeness (QED) is 0.477. The number of sulfone groups is 1. The fraction of sp³-hybridized carbons (Fsp3) is 0.200. The maximum atomic E-state index is 12.8. The Labute approximate surface area is 191 Å². The van der Waals surface area contributed by atoms with Crippen LogP contribution in [0, 0.1) is 0 Å². The molecule has 0 saturated carbocycles. The molecule has 0 aliphatic heterocycles. The monoisotopic (exact) mass is 500 g/mol. The van der Waals surface area contributed by atoms with Crippen LogP contribution in [0.15, 0.2) is 74.0 Å². The number of ether oxygens (including phenoxy) is 1. The third-order valence-corrected chi connectivity index (χ3v) is 9.65. The SMILES string of the molecule is CN(C)CCOc1cc(NS(=O)(=O)c2ccc(S(=O)(=O)c3ccccc3)s2)ccc1Cl. The number of hydrogen-bond acceptors (Lipinski definition) is 7. The summed E-state index contributed by atoms with van der Waals surface area (Å²) in [7, 11) is -3.99. The summed E-state index contributed by atoms with van der Waals surface area (Å²) in [5.41, 5.74) is 0.255. The van der Waals surface area contributed by atoms with Crippen molar-refractivity contribution in [2.24, 2.45) is 0 Å². The zero-order valence-electron chi connectivity index (χ0n) is 16.8. The summed E-state index contributed by atoms with van der Waals surface area (Å²) in [5, 5.41) is 0.356. The topological polar surface area (TPSA) is 92.8 Å². The molecule has 0 radical (unpaired) electrons. The third-order valence-electron chi connectivity index (χ3n) is 4.12. The highest BCUT2D eigenvalue weighted by molar-refractivity contribution is 7.96. The van der Waals surface area contributed by atoms with Crippen molar-refractivity contribution in [2.75, 3.05) is 32.0 Å². The van der Waals surface area contributed by atoms with E-state index in [0.717, 1.165) is 0 Å². The molecular weight excluding hydrogens is 480 g/mol. The van der Waals surface area contributed by atoms with E-state index >= 15 is 0 Å². The van der Waals surface area contributed by atoms with Crippen LogP contribution in [0.3, 0.4) is 0 Å². The predicted molar refractivity (Wildman–Crippen MR) is 123 cm³/mol. The molecule has 1 aromatic heterocycles. The molecule has 1 N–H and O–H groups in total. The van der Waals surface area contributed by atoms with E-state index in [1.807, 2.05) is 19.0 Å². The number of sulfonamides is 1. The molecule has 0 atom stereocenters. The van der Waals surface area contributed by atoms with Gasteiger partial charge in [-0.1, -0.05) is 29.8 Å². The Balaban J connectivity index is 1.81. The molecule has 0 fully saturated rings. The lowest BCUT2D eigenvalue weighted by Crippen LogP contribution is -2.19. The van der Waals surface area contributed by atoms with Crippen LogP contribution in [0.2, 0.25) is 5.02 Å². The van der Waals surface area contributed by atoms with Gasteiger partial charge in [0.2, 0.25) is 9.84 Å². The zero-order chi connectivity index (χ0) is 22.6. The Morgan fingerprint density at radius 1 is 0.968 bits per heavy atom. The van der Waals surface area contributed by atoms with Crippen molar-refractivity contribution >= 4 is 48.5 Å². The fourth-order valence-electron chi connectivity index (χ4n) is 2.53. The van der Waals surface area contributed by atoms with E-state index in [1.165, 1.54) is 42.5 Å². The molecule has 3 aromatic rings. The highest BCUT2D eigenvalue weighted by atomic mass is 35.5. The van der Waals surface area contributed by atoms with Crippen molar-refractivity contribution in [2.45, 2.75) is 13.3 Å². The van der Waals surface area contributed by atoms with Crippen molar-refractivity contribution in [1.29, 1.82) is 0 Å². The summed E-state index contributed by atoms with van der Waals surface area (Å²) in [6, 6.07) is 14.9. The minimum atomic E-state index is -4.00. The average Bonchev–Trinajstić information content (AvgIpc) is 3.23. The molecule has 2 aromatic carbocycles. The standard InChI is InChI=1S/C20H21ClN2O5S3/c1-23(2)12-13-28-18-14-15(8-9-17(18)21)22-31(26,27)20-11-10-19(29-20)30(24,25)16-6-4-3-5-7-16/h3-11,14,22H,12-13H2,1-2H3. The number of anilines is 1. The van der Waals surface area contributed by atoms with Gasteiger partial charge in [0.05, 0.1) is 15.6 Å². The molecule has 0 aliphatic carbocycles. The Hall–Kier alpha value is -2.11. The summed E-state index contributed by atoms with van der Waals surface area (Å²) >= 11 is 6.82. The average molecular weight is 501 g/mol. The van der Waals surface area contributed by atoms with Crippen molar-refractivity contribution < 1.29 is 21.6 Å². The number of thiophene rings is 1. The van der Waals surface area contributed by atoms with Gasteiger partial charge in [-0.05, 0) is 50.5 Å². The number of likely N-dealkylation sites (N-methyl/N-ethyl adjacent to an activating group) is 1. The molecule has 3 rings (SSSR count). The van der Waals surface area contributed by atoms with Gasteiger partial charge < -0.3 is 9.64 Å². The van der Waals surface area contributed by atoms with Crippen molar-refractivity contribution in [1.82, 2.24) is 4.90 Å². The minimum Gasteiger partial charge on any atom is -0.491 e. The first kappa shape index (κ1) is 23.6. The third kappa shape index (κ3) is 5.78. The predicted octanol–water partition coefficient (Wildman–Crippen LogP) is 3.98. The van der Waals surface area contributed by atoms with Gasteiger partial charge in [0, 0.05) is 12.6 Å². The van der Waals surface area contributed by atoms with E-state index < -0.39 is 19.9 Å². The Bertz CT molecular complexity index is 1260. The van der Waals surface area contributed by atoms with Crippen molar-refractivity contribution in [3.05, 3.63) is 65.7 Å². The molecule has 0 amide bonds. The summed E-state index contributed by atoms with van der Waals surface area (Å²) < 4.78 is 58.9. The van der Waals surface area contributed by atoms with E-state index in [9.17, 15) is 16.8 Å². The van der Waals surface area contributed by atoms with Crippen LogP contribution < -0.4 is 9.46 Å². The lowest BCUT2D eigenvalue weighted by atomic mass is 10.3. The number of halogens is 1. The van der Waals surface area contributed by atoms with E-state index in [2.05, 4.69) is 4.72 Å². The molecular formula is C20H21ClN2O5S3. The lowest BCUT2D eigenvalue weighted by molar-refractivity contribution is 0.261. The molecule has 7 nitrogen and oxygen atoms in total. The summed E-state index contributed by atoms with van der Waals surface area (Å²) in [5.74, 6) is 0.349. The number of hydrogen-bond donors (Lipinski definition) is 1. The van der Waals surface area contributed by atoms with Crippen LogP contribution in [-0.4, -0.2) is 49.0 Å². The van der Waals surface area contributed by atoms with Crippen LogP contribution in [0.4, 0.5) is 5.69 Å². The molecule has 0 aliphatic rings. The zero-order valence-corrected chi connectivity index (χ0v) is 20.0. The molecule has 31 heavy (non-hydrogen) atoms. The first-order valence-corrected chi connectivity index (χ1v) is 13.3. The highest BCUT2D eigenvalue weighted by Crippen LogP contribution is 2.33. The number of nitrogens with one attached hydrogen (secondary N) is 1. The smallest absolute Gasteiger partial charge is 0.271 e. The van der Waals surface area contributed by atoms with Gasteiger partial charge in [-0.2, -0.15) is 0 Å². The second-order valence-corrected chi connectivity index (χ2v) is 12.4. The minimum absolute atomic E-state index is 0.0529. The number of nitrogens with zero attached hydrogens (tertiary/aromatic N) is 1. The molecule has 0 unspecified atom stereocenters. The molecule has 0 saturated heterocycles. The molecule has 1 heterocycles. The summed E-state index contributed by atoms with van der Waals surface area (Å²) in [6.07, 6.45) is 0. The first-order valence-electron chi connectivity index (χ1n) is 9.09. The van der Waals surface area contributed by atoms with Gasteiger partial charge >= 0.3 is 0 Å². The van der Waals surface area contributed by atoms with Gasteiger partial charge in [-0.3, -0.25) is 4.72 Å². The van der Waals surface area contributed by atoms with Crippen molar-refractivity contribution in [3.63, 3.8) is 0 Å². The van der Waals surface area contributed by atoms with Gasteiger partial charge in [-0.25, -0.2) is 16.8 Å². The Morgan fingerprint density at radius 3 is 2.32 bits per heavy atom. The normalized spacial score (nSPS) is 12.1. The van der Waals surface area contributed by atoms with E-state index in [-0.39, 0.29) is 19.0 Å². The Kier molecular flexibility index (Phi) is 7.28. The maximum absolute atomic E-state index is 12.8. The van der Waals surface area contributed by atoms with Crippen LogP contribution in [0.25, 0.3) is 0 Å². The fourth-order valence-corrected chi connectivity index (χ4v) is 6.94. The summed E-state index contributed by atoms with van der Waals surface area (Å²) in [6.45, 7) is 1.05. The van der Waals surface area contributed by atoms with Crippen LogP contribution in [0.5, 0.6) is 5.75 Å². The van der Waals surface area contributed by atoms with Crippen LogP contribution in [0.1, 0.15) is 0 Å². The van der Waals surface area contributed by atoms with Crippen LogP contribution in [-0.2, 0) is 19.9 Å². The maximum Gasteiger partial charge on any atom is 0.271 e. The number of rotatable bonds is 9. The molecule has 11 heteroatoms. The van der Waals surface area contributed by atoms with Gasteiger partial charge in [0.25, 0.3) is 10.0 Å². The second kappa shape index (κ2) is 9.58. The highest BCUT2D eigenvalue weighted by Gasteiger charge is 2.24. The van der Waals surface area contributed by atoms with Crippen LogP contribution >= 0.6 is 22.9 Å². The molecule has 0 spiro atoms. The largest absolute Gasteiger partial charge is 0.491 e. The van der Waals surface area contributed by atoms with Gasteiger partial charge in [0.1, 0.15) is 20.8 Å². The van der Waals surface area contributed by atoms with Gasteiger partial charge in [0.15, 0.2) is 0 Å². The second-order valence-electron chi connectivity index (χ2n) is 6.79. The van der Waals surface area contributed by atoms with Crippen molar-refractivity contribution in [3.8, 4) is 5.75 Å².